The summed E-state index contributed by atoms with van der Waals surface area (Å²) in [5.74, 6) is -2.62. The van der Waals surface area contributed by atoms with Crippen LogP contribution in [0.25, 0.3) is 6.08 Å². The fourth-order valence-corrected chi connectivity index (χ4v) is 4.45. The molecule has 1 aliphatic carbocycles. The van der Waals surface area contributed by atoms with Crippen LogP contribution in [0, 0.1) is 39.7 Å². The SMILES string of the molecule is N#CC1(C#N)[C@H](c2ccc(F)cc2)CC(=O)/C(=C/c2ccc(F)cc2)[C@H]1c1ccccc1. The van der Waals surface area contributed by atoms with Crippen LogP contribution in [0.3, 0.4) is 0 Å². The standard InChI is InChI=1S/C27H18F2N2O/c28-21-10-6-18(7-11-21)14-23-25(32)15-24(19-8-12-22(29)13-9-19)27(16-30,17-31)26(23)20-4-2-1-3-5-20/h1-14,24,26H,15H2/b23-14-/t24-,26+/m0/s1. The fraction of sp³-hybridized carbons (Fsp3) is 0.148. The number of nitrogens with zero attached hydrogens (tertiary/aromatic N) is 2. The summed E-state index contributed by atoms with van der Waals surface area (Å²) in [5, 5.41) is 20.7. The number of benzene rings is 3. The zero-order valence-corrected chi connectivity index (χ0v) is 17.0. The lowest BCUT2D eigenvalue weighted by Gasteiger charge is -2.41. The number of carbonyl (C=O) groups is 1. The smallest absolute Gasteiger partial charge is 0.161 e. The van der Waals surface area contributed by atoms with Crippen molar-refractivity contribution in [1.82, 2.24) is 0 Å². The van der Waals surface area contributed by atoms with Gasteiger partial charge in [-0.2, -0.15) is 10.5 Å². The molecule has 2 atom stereocenters. The van der Waals surface area contributed by atoms with Crippen molar-refractivity contribution in [2.75, 3.05) is 0 Å². The van der Waals surface area contributed by atoms with E-state index in [0.717, 1.165) is 0 Å². The predicted octanol–water partition coefficient (Wildman–Crippen LogP) is 5.92. The van der Waals surface area contributed by atoms with E-state index in [-0.39, 0.29) is 12.2 Å². The Bertz CT molecular complexity index is 1240. The second-order valence-electron chi connectivity index (χ2n) is 7.82. The van der Waals surface area contributed by atoms with Crippen molar-refractivity contribution in [2.45, 2.75) is 18.3 Å². The number of halogens is 2. The average molecular weight is 424 g/mol. The third-order valence-corrected chi connectivity index (χ3v) is 5.99. The molecule has 0 aliphatic heterocycles. The highest BCUT2D eigenvalue weighted by atomic mass is 19.1. The van der Waals surface area contributed by atoms with E-state index in [2.05, 4.69) is 12.1 Å². The highest BCUT2D eigenvalue weighted by Gasteiger charge is 2.55. The van der Waals surface area contributed by atoms with Gasteiger partial charge in [-0.1, -0.05) is 54.6 Å². The normalized spacial score (nSPS) is 21.0. The van der Waals surface area contributed by atoms with Crippen LogP contribution >= 0.6 is 0 Å². The van der Waals surface area contributed by atoms with E-state index < -0.39 is 28.9 Å². The number of Topliss-reactive ketones (excluding diaryl/α,β-unsaturated/α-hetero) is 1. The monoisotopic (exact) mass is 424 g/mol. The molecule has 1 aliphatic rings. The molecule has 3 nitrogen and oxygen atoms in total. The topological polar surface area (TPSA) is 64.7 Å². The van der Waals surface area contributed by atoms with E-state index >= 15 is 0 Å². The second kappa shape index (κ2) is 8.57. The molecule has 1 fully saturated rings. The first-order valence-electron chi connectivity index (χ1n) is 10.1. The van der Waals surface area contributed by atoms with Crippen molar-refractivity contribution in [3.8, 4) is 12.1 Å². The summed E-state index contributed by atoms with van der Waals surface area (Å²) in [6.07, 6.45) is 1.56. The van der Waals surface area contributed by atoms with Crippen LogP contribution < -0.4 is 0 Å². The van der Waals surface area contributed by atoms with Gasteiger partial charge in [0.25, 0.3) is 0 Å². The van der Waals surface area contributed by atoms with Crippen LogP contribution in [0.4, 0.5) is 8.78 Å². The highest BCUT2D eigenvalue weighted by molar-refractivity contribution is 6.03. The van der Waals surface area contributed by atoms with Gasteiger partial charge in [0.15, 0.2) is 11.2 Å². The Hall–Kier alpha value is -4.09. The fourth-order valence-electron chi connectivity index (χ4n) is 4.45. The van der Waals surface area contributed by atoms with Gasteiger partial charge in [0, 0.05) is 23.8 Å². The lowest BCUT2D eigenvalue weighted by Crippen LogP contribution is -2.41. The maximum atomic E-state index is 13.5. The van der Waals surface area contributed by atoms with Crippen LogP contribution in [0.5, 0.6) is 0 Å². The molecule has 0 unspecified atom stereocenters. The molecule has 0 spiro atoms. The van der Waals surface area contributed by atoms with E-state index in [4.69, 9.17) is 0 Å². The number of hydrogen-bond donors (Lipinski definition) is 0. The number of hydrogen-bond acceptors (Lipinski definition) is 3. The van der Waals surface area contributed by atoms with Gasteiger partial charge in [0.05, 0.1) is 12.1 Å². The van der Waals surface area contributed by atoms with E-state index in [1.807, 2.05) is 6.07 Å². The summed E-state index contributed by atoms with van der Waals surface area (Å²) in [4.78, 5) is 13.4. The number of allylic oxidation sites excluding steroid dienone is 1. The summed E-state index contributed by atoms with van der Waals surface area (Å²) >= 11 is 0. The van der Waals surface area contributed by atoms with Crippen molar-refractivity contribution < 1.29 is 13.6 Å². The first-order chi connectivity index (χ1) is 15.5. The lowest BCUT2D eigenvalue weighted by atomic mass is 9.55. The first kappa shape index (κ1) is 21.2. The van der Waals surface area contributed by atoms with Crippen molar-refractivity contribution in [1.29, 1.82) is 10.5 Å². The molecule has 4 rings (SSSR count). The second-order valence-corrected chi connectivity index (χ2v) is 7.82. The van der Waals surface area contributed by atoms with Crippen LogP contribution in [-0.2, 0) is 4.79 Å². The number of nitriles is 2. The summed E-state index contributed by atoms with van der Waals surface area (Å²) in [6.45, 7) is 0. The molecule has 5 heteroatoms. The van der Waals surface area contributed by atoms with Crippen molar-refractivity contribution in [2.24, 2.45) is 5.41 Å². The largest absolute Gasteiger partial charge is 0.295 e. The molecule has 32 heavy (non-hydrogen) atoms. The molecule has 0 amide bonds. The molecule has 156 valence electrons. The molecule has 0 aromatic heterocycles. The van der Waals surface area contributed by atoms with Gasteiger partial charge < -0.3 is 0 Å². The molecule has 3 aromatic rings. The van der Waals surface area contributed by atoms with Gasteiger partial charge in [-0.25, -0.2) is 8.78 Å². The maximum absolute atomic E-state index is 13.5. The number of carbonyl (C=O) groups excluding carboxylic acids is 1. The minimum Gasteiger partial charge on any atom is -0.295 e. The zero-order valence-electron chi connectivity index (χ0n) is 17.0. The van der Waals surface area contributed by atoms with Gasteiger partial charge in [-0.15, -0.1) is 0 Å². The van der Waals surface area contributed by atoms with Crippen molar-refractivity contribution in [3.63, 3.8) is 0 Å². The maximum Gasteiger partial charge on any atom is 0.161 e. The minimum absolute atomic E-state index is 0.0664. The molecule has 0 heterocycles. The molecule has 0 saturated heterocycles. The van der Waals surface area contributed by atoms with E-state index in [0.29, 0.717) is 22.3 Å². The average Bonchev–Trinajstić information content (AvgIpc) is 2.82. The van der Waals surface area contributed by atoms with Gasteiger partial charge in [-0.3, -0.25) is 4.79 Å². The third kappa shape index (κ3) is 3.70. The van der Waals surface area contributed by atoms with Gasteiger partial charge >= 0.3 is 0 Å². The molecule has 0 bridgehead atoms. The first-order valence-corrected chi connectivity index (χ1v) is 10.1. The Labute approximate surface area is 184 Å². The summed E-state index contributed by atoms with van der Waals surface area (Å²) in [5.41, 5.74) is 0.539. The van der Waals surface area contributed by atoms with Crippen molar-refractivity contribution >= 4 is 11.9 Å². The highest BCUT2D eigenvalue weighted by Crippen LogP contribution is 2.55. The number of rotatable bonds is 3. The summed E-state index contributed by atoms with van der Waals surface area (Å²) < 4.78 is 26.9. The molecule has 0 radical (unpaired) electrons. The van der Waals surface area contributed by atoms with E-state index in [9.17, 15) is 24.1 Å². The van der Waals surface area contributed by atoms with Crippen LogP contribution in [0.15, 0.2) is 84.4 Å². The molecule has 1 saturated carbocycles. The minimum atomic E-state index is -1.60. The van der Waals surface area contributed by atoms with Gasteiger partial charge in [0.2, 0.25) is 0 Å². The Morgan fingerprint density at radius 3 is 1.94 bits per heavy atom. The molecular formula is C27H18F2N2O. The molecule has 0 N–H and O–H groups in total. The Morgan fingerprint density at radius 2 is 1.38 bits per heavy atom. The Kier molecular flexibility index (Phi) is 5.67. The quantitative estimate of drug-likeness (QED) is 0.490. The van der Waals surface area contributed by atoms with E-state index in [1.165, 1.54) is 36.4 Å². The lowest BCUT2D eigenvalue weighted by molar-refractivity contribution is -0.118. The van der Waals surface area contributed by atoms with Crippen LogP contribution in [0.2, 0.25) is 0 Å². The van der Waals surface area contributed by atoms with Crippen molar-refractivity contribution in [3.05, 3.63) is 113 Å². The Morgan fingerprint density at radius 1 is 0.812 bits per heavy atom. The Balaban J connectivity index is 1.94. The molecule has 3 aromatic carbocycles. The summed E-state index contributed by atoms with van der Waals surface area (Å²) in [6, 6.07) is 24.6. The zero-order chi connectivity index (χ0) is 22.7. The van der Waals surface area contributed by atoms with Crippen LogP contribution in [-0.4, -0.2) is 5.78 Å². The number of ketones is 1. The predicted molar refractivity (Wildman–Crippen MR) is 116 cm³/mol. The van der Waals surface area contributed by atoms with Gasteiger partial charge in [0.1, 0.15) is 11.6 Å². The third-order valence-electron chi connectivity index (χ3n) is 5.99. The summed E-state index contributed by atoms with van der Waals surface area (Å²) in [7, 11) is 0. The molecular weight excluding hydrogens is 406 g/mol. The van der Waals surface area contributed by atoms with Gasteiger partial charge in [-0.05, 0) is 47.0 Å². The van der Waals surface area contributed by atoms with E-state index in [1.54, 1.807) is 42.5 Å². The van der Waals surface area contributed by atoms with Crippen LogP contribution in [0.1, 0.15) is 34.9 Å².